The SMILES string of the molecule is CC(C)C1CC(NC2CCCS(=O)(=O)C2)CCO1. The summed E-state index contributed by atoms with van der Waals surface area (Å²) in [6, 6.07) is 0.573. The first-order valence-corrected chi connectivity index (χ1v) is 8.86. The Morgan fingerprint density at radius 3 is 2.67 bits per heavy atom. The highest BCUT2D eigenvalue weighted by Gasteiger charge is 2.30. The van der Waals surface area contributed by atoms with E-state index in [4.69, 9.17) is 4.74 Å². The number of ether oxygens (including phenoxy) is 1. The summed E-state index contributed by atoms with van der Waals surface area (Å²) >= 11 is 0. The van der Waals surface area contributed by atoms with Crippen molar-refractivity contribution in [2.75, 3.05) is 18.1 Å². The van der Waals surface area contributed by atoms with Crippen LogP contribution in [0.15, 0.2) is 0 Å². The first kappa shape index (κ1) is 14.3. The molecular weight excluding hydrogens is 250 g/mol. The lowest BCUT2D eigenvalue weighted by Crippen LogP contribution is -2.49. The minimum Gasteiger partial charge on any atom is -0.378 e. The van der Waals surface area contributed by atoms with Crippen LogP contribution in [0.4, 0.5) is 0 Å². The summed E-state index contributed by atoms with van der Waals surface area (Å²) < 4.78 is 29.0. The smallest absolute Gasteiger partial charge is 0.151 e. The molecule has 0 spiro atoms. The van der Waals surface area contributed by atoms with Crippen molar-refractivity contribution in [1.82, 2.24) is 5.32 Å². The molecule has 4 nitrogen and oxygen atoms in total. The third-order valence-corrected chi connectivity index (χ3v) is 5.81. The van der Waals surface area contributed by atoms with E-state index in [1.54, 1.807) is 0 Å². The molecule has 0 aliphatic carbocycles. The van der Waals surface area contributed by atoms with Crippen molar-refractivity contribution in [3.63, 3.8) is 0 Å². The molecule has 2 saturated heterocycles. The van der Waals surface area contributed by atoms with Crippen LogP contribution in [0, 0.1) is 5.92 Å². The maximum atomic E-state index is 11.6. The van der Waals surface area contributed by atoms with Crippen LogP contribution in [0.2, 0.25) is 0 Å². The van der Waals surface area contributed by atoms with E-state index in [1.807, 2.05) is 0 Å². The van der Waals surface area contributed by atoms with E-state index < -0.39 is 9.84 Å². The number of rotatable bonds is 3. The molecule has 0 aromatic heterocycles. The molecule has 2 rings (SSSR count). The summed E-state index contributed by atoms with van der Waals surface area (Å²) in [6.45, 7) is 5.15. The minimum absolute atomic E-state index is 0.152. The van der Waals surface area contributed by atoms with Gasteiger partial charge in [-0.1, -0.05) is 13.8 Å². The van der Waals surface area contributed by atoms with Crippen LogP contribution in [0.1, 0.15) is 39.5 Å². The summed E-state index contributed by atoms with van der Waals surface area (Å²) in [4.78, 5) is 0. The Labute approximate surface area is 110 Å². The van der Waals surface area contributed by atoms with Gasteiger partial charge in [0.25, 0.3) is 0 Å². The van der Waals surface area contributed by atoms with E-state index >= 15 is 0 Å². The Hall–Kier alpha value is -0.130. The summed E-state index contributed by atoms with van der Waals surface area (Å²) in [5.41, 5.74) is 0. The number of nitrogens with one attached hydrogen (secondary N) is 1. The quantitative estimate of drug-likeness (QED) is 0.845. The van der Waals surface area contributed by atoms with Crippen molar-refractivity contribution < 1.29 is 13.2 Å². The Kier molecular flexibility index (Phi) is 4.67. The maximum absolute atomic E-state index is 11.6. The highest BCUT2D eigenvalue weighted by atomic mass is 32.2. The van der Waals surface area contributed by atoms with Crippen molar-refractivity contribution in [3.8, 4) is 0 Å². The second-order valence-electron chi connectivity index (χ2n) is 5.99. The molecule has 2 aliphatic heterocycles. The molecule has 2 fully saturated rings. The first-order chi connectivity index (χ1) is 8.46. The molecule has 5 heteroatoms. The molecule has 2 aliphatic rings. The molecule has 3 unspecified atom stereocenters. The summed E-state index contributed by atoms with van der Waals surface area (Å²) in [6.07, 6.45) is 4.12. The highest BCUT2D eigenvalue weighted by Crippen LogP contribution is 2.22. The summed E-state index contributed by atoms with van der Waals surface area (Å²) in [5, 5.41) is 3.54. The lowest BCUT2D eigenvalue weighted by Gasteiger charge is -2.35. The van der Waals surface area contributed by atoms with Crippen LogP contribution >= 0.6 is 0 Å². The largest absolute Gasteiger partial charge is 0.378 e. The van der Waals surface area contributed by atoms with Gasteiger partial charge in [-0.05, 0) is 31.6 Å². The van der Waals surface area contributed by atoms with E-state index in [-0.39, 0.29) is 6.04 Å². The first-order valence-electron chi connectivity index (χ1n) is 7.04. The molecule has 106 valence electrons. The highest BCUT2D eigenvalue weighted by molar-refractivity contribution is 7.91. The van der Waals surface area contributed by atoms with Crippen molar-refractivity contribution >= 4 is 9.84 Å². The molecular formula is C13H25NO3S. The van der Waals surface area contributed by atoms with Gasteiger partial charge in [0.05, 0.1) is 17.6 Å². The van der Waals surface area contributed by atoms with E-state index in [1.165, 1.54) is 0 Å². The average molecular weight is 275 g/mol. The van der Waals surface area contributed by atoms with Crippen LogP contribution < -0.4 is 5.32 Å². The Morgan fingerprint density at radius 1 is 1.22 bits per heavy atom. The Balaban J connectivity index is 1.85. The van der Waals surface area contributed by atoms with Gasteiger partial charge in [-0.25, -0.2) is 8.42 Å². The van der Waals surface area contributed by atoms with Crippen LogP contribution in [-0.4, -0.2) is 44.7 Å². The van der Waals surface area contributed by atoms with Gasteiger partial charge < -0.3 is 10.1 Å². The monoisotopic (exact) mass is 275 g/mol. The predicted octanol–water partition coefficient (Wildman–Crippen LogP) is 1.36. The fourth-order valence-electron chi connectivity index (χ4n) is 2.93. The molecule has 0 aromatic carbocycles. The van der Waals surface area contributed by atoms with Gasteiger partial charge >= 0.3 is 0 Å². The number of sulfone groups is 1. The zero-order valence-corrected chi connectivity index (χ0v) is 12.2. The lowest BCUT2D eigenvalue weighted by molar-refractivity contribution is -0.0257. The predicted molar refractivity (Wildman–Crippen MR) is 72.4 cm³/mol. The van der Waals surface area contributed by atoms with Gasteiger partial charge in [-0.2, -0.15) is 0 Å². The molecule has 0 amide bonds. The molecule has 0 radical (unpaired) electrons. The standard InChI is InChI=1S/C13H25NO3S/c1-10(2)13-8-11(5-6-17-13)14-12-4-3-7-18(15,16)9-12/h10-14H,3-9H2,1-2H3. The Bertz CT molecular complexity index is 366. The average Bonchev–Trinajstić information content (AvgIpc) is 2.28. The van der Waals surface area contributed by atoms with Crippen molar-refractivity contribution in [3.05, 3.63) is 0 Å². The summed E-state index contributed by atoms with van der Waals surface area (Å²) in [5.74, 6) is 1.22. The molecule has 0 saturated carbocycles. The zero-order valence-electron chi connectivity index (χ0n) is 11.4. The van der Waals surface area contributed by atoms with Crippen LogP contribution in [0.25, 0.3) is 0 Å². The van der Waals surface area contributed by atoms with Crippen molar-refractivity contribution in [2.45, 2.75) is 57.7 Å². The van der Waals surface area contributed by atoms with E-state index in [9.17, 15) is 8.42 Å². The van der Waals surface area contributed by atoms with E-state index in [2.05, 4.69) is 19.2 Å². The van der Waals surface area contributed by atoms with Gasteiger partial charge in [-0.3, -0.25) is 0 Å². The van der Waals surface area contributed by atoms with Gasteiger partial charge in [0.15, 0.2) is 9.84 Å². The molecule has 18 heavy (non-hydrogen) atoms. The Morgan fingerprint density at radius 2 is 2.00 bits per heavy atom. The van der Waals surface area contributed by atoms with Gasteiger partial charge in [0.1, 0.15) is 0 Å². The normalized spacial score (nSPS) is 36.7. The van der Waals surface area contributed by atoms with Crippen LogP contribution in [0.3, 0.4) is 0 Å². The topological polar surface area (TPSA) is 55.4 Å². The fourth-order valence-corrected chi connectivity index (χ4v) is 4.58. The maximum Gasteiger partial charge on any atom is 0.151 e. The third-order valence-electron chi connectivity index (χ3n) is 3.99. The van der Waals surface area contributed by atoms with Gasteiger partial charge in [0.2, 0.25) is 0 Å². The van der Waals surface area contributed by atoms with Crippen molar-refractivity contribution in [1.29, 1.82) is 0 Å². The summed E-state index contributed by atoms with van der Waals surface area (Å²) in [7, 11) is -2.81. The second-order valence-corrected chi connectivity index (χ2v) is 8.22. The lowest BCUT2D eigenvalue weighted by atomic mass is 9.94. The molecule has 1 N–H and O–H groups in total. The zero-order chi connectivity index (χ0) is 13.2. The van der Waals surface area contributed by atoms with Crippen LogP contribution in [-0.2, 0) is 14.6 Å². The molecule has 0 aromatic rings. The minimum atomic E-state index is -2.81. The van der Waals surface area contributed by atoms with E-state index in [0.717, 1.165) is 32.3 Å². The molecule has 0 bridgehead atoms. The number of hydrogen-bond acceptors (Lipinski definition) is 4. The van der Waals surface area contributed by atoms with Crippen molar-refractivity contribution in [2.24, 2.45) is 5.92 Å². The molecule has 2 heterocycles. The second kappa shape index (κ2) is 5.88. The van der Waals surface area contributed by atoms with E-state index in [0.29, 0.717) is 29.6 Å². The molecule has 3 atom stereocenters. The van der Waals surface area contributed by atoms with Crippen LogP contribution in [0.5, 0.6) is 0 Å². The van der Waals surface area contributed by atoms with Gasteiger partial charge in [-0.15, -0.1) is 0 Å². The fraction of sp³-hybridized carbons (Fsp3) is 1.00. The number of hydrogen-bond donors (Lipinski definition) is 1. The van der Waals surface area contributed by atoms with Gasteiger partial charge in [0, 0.05) is 18.7 Å². The third kappa shape index (κ3) is 3.93.